The van der Waals surface area contributed by atoms with Gasteiger partial charge in [0.2, 0.25) is 12.0 Å². The van der Waals surface area contributed by atoms with Crippen molar-refractivity contribution < 1.29 is 23.5 Å². The minimum atomic E-state index is -1.44. The Kier molecular flexibility index (Phi) is 8.29. The number of carbonyl (C=O) groups is 2. The van der Waals surface area contributed by atoms with E-state index in [1.54, 1.807) is 31.2 Å². The second kappa shape index (κ2) is 11.4. The van der Waals surface area contributed by atoms with E-state index in [0.717, 1.165) is 12.3 Å². The summed E-state index contributed by atoms with van der Waals surface area (Å²) in [6.07, 6.45) is -0.832. The summed E-state index contributed by atoms with van der Waals surface area (Å²) < 4.78 is 24.7. The number of benzene rings is 2. The maximum Gasteiger partial charge on any atom is 0.269 e. The van der Waals surface area contributed by atoms with Crippen molar-refractivity contribution in [2.24, 2.45) is 4.99 Å². The first-order chi connectivity index (χ1) is 17.7. The lowest BCUT2D eigenvalue weighted by Crippen LogP contribution is -2.42. The number of halogens is 4. The van der Waals surface area contributed by atoms with E-state index < -0.39 is 23.8 Å². The van der Waals surface area contributed by atoms with Gasteiger partial charge in [-0.2, -0.15) is 0 Å². The maximum atomic E-state index is 14.0. The van der Waals surface area contributed by atoms with Gasteiger partial charge in [0.15, 0.2) is 0 Å². The smallest absolute Gasteiger partial charge is 0.269 e. The van der Waals surface area contributed by atoms with Gasteiger partial charge in [0.25, 0.3) is 11.8 Å². The van der Waals surface area contributed by atoms with Crippen LogP contribution in [0.3, 0.4) is 0 Å². The first-order valence-corrected chi connectivity index (χ1v) is 12.1. The average molecular weight is 566 g/mol. The molecule has 37 heavy (non-hydrogen) atoms. The van der Waals surface area contributed by atoms with Gasteiger partial charge in [-0.25, -0.2) is 14.4 Å². The van der Waals surface area contributed by atoms with Crippen LogP contribution in [0, 0.1) is 5.82 Å². The topological polar surface area (TPSA) is 102 Å². The molecule has 2 amide bonds. The molecule has 1 aliphatic heterocycles. The lowest BCUT2D eigenvalue weighted by molar-refractivity contribution is -0.117. The Balaban J connectivity index is 1.74. The highest BCUT2D eigenvalue weighted by Gasteiger charge is 2.30. The molecule has 12 heteroatoms. The van der Waals surface area contributed by atoms with E-state index in [0.29, 0.717) is 21.8 Å². The van der Waals surface area contributed by atoms with E-state index in [1.165, 1.54) is 19.2 Å². The molecule has 192 valence electrons. The van der Waals surface area contributed by atoms with Crippen molar-refractivity contribution in [3.05, 3.63) is 86.2 Å². The Hall–Kier alpha value is -3.24. The number of anilines is 1. The fourth-order valence-electron chi connectivity index (χ4n) is 3.49. The number of para-hydroxylation sites is 1. The highest BCUT2D eigenvalue weighted by molar-refractivity contribution is 6.44. The predicted molar refractivity (Wildman–Crippen MR) is 140 cm³/mol. The highest BCUT2D eigenvalue weighted by atomic mass is 35.5. The molecule has 8 nitrogen and oxygen atoms in total. The zero-order valence-corrected chi connectivity index (χ0v) is 21.8. The zero-order valence-electron chi connectivity index (χ0n) is 19.5. The third-order valence-corrected chi connectivity index (χ3v) is 6.19. The molecule has 0 radical (unpaired) electrons. The van der Waals surface area contributed by atoms with E-state index in [2.05, 4.69) is 20.6 Å². The Bertz CT molecular complexity index is 1380. The molecule has 0 spiro atoms. The molecular formula is C25H20Cl3FN4O4. The molecule has 0 aliphatic carbocycles. The number of benzodiazepines with no additional fused rings is 1. The molecule has 2 atom stereocenters. The normalized spacial score (nSPS) is 15.7. The number of methoxy groups -OCH3 is 1. The standard InChI is InChI=1S/C25H20Cl3FN4O4/c1-12(36-2)11-37-25-16(9-14(29)10-30-25)23(34)33-22-24(35)31-19-6-4-3-5-15(19)21(32-22)20-17(27)7-13(26)8-18(20)28/h3-10,12,22H,11H2,1-2H3,(H,31,35)(H,33,34)/t12-,22?/m0/s1. The van der Waals surface area contributed by atoms with Crippen LogP contribution in [0.5, 0.6) is 5.88 Å². The van der Waals surface area contributed by atoms with Crippen molar-refractivity contribution in [1.82, 2.24) is 10.3 Å². The van der Waals surface area contributed by atoms with Crippen LogP contribution in [0.1, 0.15) is 28.4 Å². The first-order valence-electron chi connectivity index (χ1n) is 10.9. The predicted octanol–water partition coefficient (Wildman–Crippen LogP) is 5.14. The average Bonchev–Trinajstić information content (AvgIpc) is 2.98. The summed E-state index contributed by atoms with van der Waals surface area (Å²) in [6, 6.07) is 10.8. The minimum Gasteiger partial charge on any atom is -0.474 e. The van der Waals surface area contributed by atoms with Crippen LogP contribution in [-0.2, 0) is 9.53 Å². The summed E-state index contributed by atoms with van der Waals surface area (Å²) in [5.74, 6) is -2.38. The molecule has 2 aromatic carbocycles. The van der Waals surface area contributed by atoms with Crippen molar-refractivity contribution in [2.45, 2.75) is 19.2 Å². The van der Waals surface area contributed by atoms with Gasteiger partial charge in [-0.15, -0.1) is 0 Å². The van der Waals surface area contributed by atoms with Crippen molar-refractivity contribution in [1.29, 1.82) is 0 Å². The number of nitrogens with zero attached hydrogens (tertiary/aromatic N) is 2. The molecule has 2 heterocycles. The fraction of sp³-hybridized carbons (Fsp3) is 0.200. The van der Waals surface area contributed by atoms with E-state index in [-0.39, 0.29) is 39.9 Å². The van der Waals surface area contributed by atoms with Gasteiger partial charge in [-0.3, -0.25) is 9.59 Å². The molecule has 1 unspecified atom stereocenters. The Morgan fingerprint density at radius 1 is 1.19 bits per heavy atom. The SMILES string of the molecule is CO[C@@H](C)COc1ncc(F)cc1C(=O)NC1N=C(c2c(Cl)cc(Cl)cc2Cl)c2ccccc2NC1=O. The zero-order chi connectivity index (χ0) is 26.7. The Morgan fingerprint density at radius 2 is 1.89 bits per heavy atom. The molecule has 0 saturated carbocycles. The number of nitrogens with one attached hydrogen (secondary N) is 2. The van der Waals surface area contributed by atoms with Gasteiger partial charge in [0, 0.05) is 23.3 Å². The molecular weight excluding hydrogens is 546 g/mol. The van der Waals surface area contributed by atoms with Crippen LogP contribution in [0.25, 0.3) is 0 Å². The van der Waals surface area contributed by atoms with Crippen molar-refractivity contribution in [3.63, 3.8) is 0 Å². The van der Waals surface area contributed by atoms with Gasteiger partial charge >= 0.3 is 0 Å². The van der Waals surface area contributed by atoms with Crippen LogP contribution in [0.4, 0.5) is 10.1 Å². The number of aliphatic imine (C=N–C) groups is 1. The number of amides is 2. The maximum absolute atomic E-state index is 14.0. The van der Waals surface area contributed by atoms with Gasteiger partial charge in [-0.05, 0) is 31.2 Å². The summed E-state index contributed by atoms with van der Waals surface area (Å²) in [6.45, 7) is 1.81. The second-order valence-electron chi connectivity index (χ2n) is 8.00. The number of hydrogen-bond acceptors (Lipinski definition) is 6. The third-order valence-electron chi connectivity index (χ3n) is 5.38. The van der Waals surface area contributed by atoms with Gasteiger partial charge in [0.05, 0.1) is 33.7 Å². The van der Waals surface area contributed by atoms with Crippen molar-refractivity contribution in [3.8, 4) is 5.88 Å². The number of ether oxygens (including phenoxy) is 2. The number of pyridine rings is 1. The monoisotopic (exact) mass is 564 g/mol. The molecule has 0 fully saturated rings. The minimum absolute atomic E-state index is 0.0600. The number of carbonyl (C=O) groups excluding carboxylic acids is 2. The lowest BCUT2D eigenvalue weighted by atomic mass is 10.0. The highest BCUT2D eigenvalue weighted by Crippen LogP contribution is 2.34. The number of rotatable bonds is 7. The second-order valence-corrected chi connectivity index (χ2v) is 9.25. The first kappa shape index (κ1) is 26.8. The molecule has 3 aromatic rings. The van der Waals surface area contributed by atoms with Gasteiger partial charge in [-0.1, -0.05) is 53.0 Å². The van der Waals surface area contributed by atoms with Crippen LogP contribution in [0.2, 0.25) is 15.1 Å². The van der Waals surface area contributed by atoms with Gasteiger partial charge < -0.3 is 20.1 Å². The van der Waals surface area contributed by atoms with E-state index in [1.807, 2.05) is 0 Å². The number of aromatic nitrogens is 1. The summed E-state index contributed by atoms with van der Waals surface area (Å²) >= 11 is 19.0. The van der Waals surface area contributed by atoms with Crippen LogP contribution >= 0.6 is 34.8 Å². The molecule has 0 bridgehead atoms. The van der Waals surface area contributed by atoms with Crippen molar-refractivity contribution >= 4 is 58.0 Å². The number of hydrogen-bond donors (Lipinski definition) is 2. The van der Waals surface area contributed by atoms with Crippen LogP contribution in [-0.4, -0.2) is 48.5 Å². The molecule has 4 rings (SSSR count). The van der Waals surface area contributed by atoms with E-state index in [9.17, 15) is 14.0 Å². The Morgan fingerprint density at radius 3 is 2.59 bits per heavy atom. The summed E-state index contributed by atoms with van der Waals surface area (Å²) in [4.78, 5) is 34.7. The summed E-state index contributed by atoms with van der Waals surface area (Å²) in [5, 5.41) is 5.95. The van der Waals surface area contributed by atoms with Crippen molar-refractivity contribution in [2.75, 3.05) is 19.0 Å². The molecule has 1 aromatic heterocycles. The fourth-order valence-corrected chi connectivity index (χ4v) is 4.49. The quantitative estimate of drug-likeness (QED) is 0.413. The summed E-state index contributed by atoms with van der Waals surface area (Å²) in [7, 11) is 1.50. The lowest BCUT2D eigenvalue weighted by Gasteiger charge is -2.16. The molecule has 2 N–H and O–H groups in total. The van der Waals surface area contributed by atoms with Crippen LogP contribution < -0.4 is 15.4 Å². The van der Waals surface area contributed by atoms with E-state index >= 15 is 0 Å². The summed E-state index contributed by atoms with van der Waals surface area (Å²) in [5.41, 5.74) is 1.28. The molecule has 1 aliphatic rings. The number of fused-ring (bicyclic) bond motifs is 1. The molecule has 0 saturated heterocycles. The van der Waals surface area contributed by atoms with E-state index in [4.69, 9.17) is 44.3 Å². The van der Waals surface area contributed by atoms with Crippen LogP contribution in [0.15, 0.2) is 53.7 Å². The Labute approximate surface area is 226 Å². The third kappa shape index (κ3) is 6.02. The largest absolute Gasteiger partial charge is 0.474 e. The van der Waals surface area contributed by atoms with Gasteiger partial charge in [0.1, 0.15) is 18.0 Å².